The van der Waals surface area contributed by atoms with Crippen molar-refractivity contribution >= 4 is 57.5 Å². The lowest BCUT2D eigenvalue weighted by molar-refractivity contribution is -0.144. The molecule has 0 aliphatic carbocycles. The summed E-state index contributed by atoms with van der Waals surface area (Å²) >= 11 is 7.96. The van der Waals surface area contributed by atoms with Crippen LogP contribution >= 0.6 is 22.9 Å². The zero-order valence-corrected chi connectivity index (χ0v) is 43.3. The molecule has 0 radical (unpaired) electrons. The molecule has 5 heterocycles. The lowest BCUT2D eigenvalue weighted by atomic mass is 9.85. The Hall–Kier alpha value is -5.79. The van der Waals surface area contributed by atoms with E-state index in [0.717, 1.165) is 99.7 Å². The number of thiazole rings is 1. The Bertz CT molecular complexity index is 2720. The first-order chi connectivity index (χ1) is 34.9. The molecule has 18 heteroatoms. The van der Waals surface area contributed by atoms with Gasteiger partial charge in [0.05, 0.1) is 54.5 Å². The van der Waals surface area contributed by atoms with Crippen LogP contribution in [0, 0.1) is 12.3 Å². The van der Waals surface area contributed by atoms with Gasteiger partial charge in [-0.2, -0.15) is 0 Å². The van der Waals surface area contributed by atoms with Crippen LogP contribution in [0.15, 0.2) is 90.7 Å². The number of halogens is 1. The first-order valence-corrected chi connectivity index (χ1v) is 26.1. The van der Waals surface area contributed by atoms with Crippen molar-refractivity contribution in [3.8, 4) is 21.7 Å². The molecule has 4 N–H and O–H groups in total. The average molecular weight is 1020 g/mol. The third-order valence-corrected chi connectivity index (χ3v) is 14.5. The second-order valence-corrected chi connectivity index (χ2v) is 20.7. The number of fused-ring (bicyclic) bond motifs is 1. The standard InChI is InChI=1S/C54H67ClN10O6S/c1-37-48(72-36-60-37)41-17-11-38(12-18-41)31-57-52(67)46-10-7-19-65(46)53(68)49(54(2,3)4)62-47(66)34-71-29-28-70-27-26-69-25-24-63-20-22-64(23-21-63)33-39-13-15-40(16-14-39)45-30-43-50(58-35-59-51(43)61-45)56-32-42-8-5-6-9-44(42)55/h5-6,8-9,11-18,30,35-36,46,49H,7,10,19-29,31-34H2,1-4H3,(H,57,67)(H,62,66)(H2,56,58,59,61). The van der Waals surface area contributed by atoms with Crippen molar-refractivity contribution in [2.75, 3.05) is 84.2 Å². The number of aryl methyl sites for hydroxylation is 1. The number of amides is 3. The molecule has 3 aromatic carbocycles. The lowest BCUT2D eigenvalue weighted by Gasteiger charge is -2.35. The number of hydrogen-bond donors (Lipinski definition) is 4. The zero-order chi connectivity index (χ0) is 50.5. The van der Waals surface area contributed by atoms with Gasteiger partial charge in [0.25, 0.3) is 0 Å². The third kappa shape index (κ3) is 14.2. The summed E-state index contributed by atoms with van der Waals surface area (Å²) in [5.74, 6) is -0.103. The fourth-order valence-corrected chi connectivity index (χ4v) is 10.1. The summed E-state index contributed by atoms with van der Waals surface area (Å²) in [6.07, 6.45) is 2.84. The van der Waals surface area contributed by atoms with E-state index in [-0.39, 0.29) is 25.0 Å². The number of piperazine rings is 1. The van der Waals surface area contributed by atoms with Crippen LogP contribution in [0.4, 0.5) is 5.82 Å². The molecule has 2 aliphatic rings. The number of nitrogens with one attached hydrogen (secondary N) is 4. The van der Waals surface area contributed by atoms with E-state index in [9.17, 15) is 14.4 Å². The normalized spacial score (nSPS) is 16.0. The summed E-state index contributed by atoms with van der Waals surface area (Å²) in [4.78, 5) is 64.8. The van der Waals surface area contributed by atoms with Crippen molar-refractivity contribution in [1.82, 2.24) is 45.3 Å². The van der Waals surface area contributed by atoms with Crippen LogP contribution in [-0.2, 0) is 48.2 Å². The smallest absolute Gasteiger partial charge is 0.246 e. The molecule has 0 bridgehead atoms. The Balaban J connectivity index is 0.663. The van der Waals surface area contributed by atoms with Gasteiger partial charge in [-0.3, -0.25) is 24.2 Å². The Kier molecular flexibility index (Phi) is 18.4. The molecule has 16 nitrogen and oxygen atoms in total. The van der Waals surface area contributed by atoms with Gasteiger partial charge in [0, 0.05) is 69.6 Å². The number of likely N-dealkylation sites (tertiary alicyclic amines) is 1. The molecule has 2 saturated heterocycles. The first kappa shape index (κ1) is 52.5. The SMILES string of the molecule is Cc1ncsc1-c1ccc(CNC(=O)C2CCCN2C(=O)C(NC(=O)COCCOCCOCCN2CCN(Cc3ccc(-c4cc5c(NCc6ccccc6Cl)ncnc5[nH]4)cc3)CC2)C(C)(C)C)cc1. The van der Waals surface area contributed by atoms with Gasteiger partial charge in [-0.05, 0) is 65.1 Å². The molecule has 8 rings (SSSR count). The number of ether oxygens (including phenoxy) is 3. The van der Waals surface area contributed by atoms with Gasteiger partial charge in [0.15, 0.2) is 0 Å². The molecule has 2 unspecified atom stereocenters. The number of rotatable bonds is 23. The second-order valence-electron chi connectivity index (χ2n) is 19.4. The van der Waals surface area contributed by atoms with Gasteiger partial charge in [-0.1, -0.05) is 99.1 Å². The van der Waals surface area contributed by atoms with Crippen molar-refractivity contribution in [1.29, 1.82) is 0 Å². The number of anilines is 1. The molecule has 3 amide bonds. The van der Waals surface area contributed by atoms with E-state index in [0.29, 0.717) is 58.9 Å². The van der Waals surface area contributed by atoms with Crippen molar-refractivity contribution < 1.29 is 28.6 Å². The largest absolute Gasteiger partial charge is 0.378 e. The van der Waals surface area contributed by atoms with Crippen molar-refractivity contribution in [2.45, 2.75) is 72.3 Å². The van der Waals surface area contributed by atoms with Gasteiger partial charge in [-0.25, -0.2) is 15.0 Å². The molecule has 2 fully saturated rings. The summed E-state index contributed by atoms with van der Waals surface area (Å²) in [6.45, 7) is 16.6. The average Bonchev–Trinajstić information content (AvgIpc) is 4.16. The minimum absolute atomic E-state index is 0.199. The minimum atomic E-state index is -0.828. The molecular formula is C54H67ClN10O6S. The van der Waals surface area contributed by atoms with Gasteiger partial charge >= 0.3 is 0 Å². The van der Waals surface area contributed by atoms with Crippen molar-refractivity contribution in [2.24, 2.45) is 5.41 Å². The Morgan fingerprint density at radius 2 is 1.51 bits per heavy atom. The number of benzene rings is 3. The van der Waals surface area contributed by atoms with E-state index in [4.69, 9.17) is 25.8 Å². The number of H-pyrrole nitrogens is 1. The maximum Gasteiger partial charge on any atom is 0.246 e. The first-order valence-electron chi connectivity index (χ1n) is 24.8. The molecule has 0 spiro atoms. The van der Waals surface area contributed by atoms with E-state index in [1.165, 1.54) is 5.56 Å². The van der Waals surface area contributed by atoms with Crippen LogP contribution < -0.4 is 16.0 Å². The number of carbonyl (C=O) groups excluding carboxylic acids is 3. The number of hydrogen-bond acceptors (Lipinski definition) is 13. The van der Waals surface area contributed by atoms with Crippen LogP contribution in [0.3, 0.4) is 0 Å². The maximum atomic E-state index is 13.9. The second kappa shape index (κ2) is 25.2. The number of carbonyl (C=O) groups is 3. The predicted molar refractivity (Wildman–Crippen MR) is 283 cm³/mol. The molecule has 0 saturated carbocycles. The number of aromatic amines is 1. The van der Waals surface area contributed by atoms with E-state index >= 15 is 0 Å². The fraction of sp³-hybridized carbons (Fsp3) is 0.444. The lowest BCUT2D eigenvalue weighted by Crippen LogP contribution is -2.58. The van der Waals surface area contributed by atoms with E-state index in [1.807, 2.05) is 81.7 Å². The summed E-state index contributed by atoms with van der Waals surface area (Å²) in [5, 5.41) is 11.0. The van der Waals surface area contributed by atoms with Crippen LogP contribution in [0.5, 0.6) is 0 Å². The van der Waals surface area contributed by atoms with E-state index in [1.54, 1.807) is 22.6 Å². The van der Waals surface area contributed by atoms with Crippen LogP contribution in [0.25, 0.3) is 32.7 Å². The summed E-state index contributed by atoms with van der Waals surface area (Å²) in [7, 11) is 0. The van der Waals surface area contributed by atoms with Gasteiger partial charge in [0.2, 0.25) is 17.7 Å². The summed E-state index contributed by atoms with van der Waals surface area (Å²) < 4.78 is 17.2. The Morgan fingerprint density at radius 3 is 2.24 bits per heavy atom. The minimum Gasteiger partial charge on any atom is -0.378 e. The highest BCUT2D eigenvalue weighted by Gasteiger charge is 2.42. The van der Waals surface area contributed by atoms with Crippen molar-refractivity contribution in [3.05, 3.63) is 118 Å². The van der Waals surface area contributed by atoms with E-state index < -0.39 is 23.4 Å². The molecule has 2 aliphatic heterocycles. The van der Waals surface area contributed by atoms with Crippen molar-refractivity contribution in [3.63, 3.8) is 0 Å². The van der Waals surface area contributed by atoms with Crippen LogP contribution in [0.2, 0.25) is 5.02 Å². The van der Waals surface area contributed by atoms with Crippen LogP contribution in [-0.4, -0.2) is 143 Å². The summed E-state index contributed by atoms with van der Waals surface area (Å²) in [5.41, 5.74) is 9.43. The van der Waals surface area contributed by atoms with E-state index in [2.05, 4.69) is 76.0 Å². The fourth-order valence-electron chi connectivity index (χ4n) is 9.05. The Morgan fingerprint density at radius 1 is 0.819 bits per heavy atom. The predicted octanol–water partition coefficient (Wildman–Crippen LogP) is 7.33. The Labute approximate surface area is 431 Å². The molecular weight excluding hydrogens is 952 g/mol. The van der Waals surface area contributed by atoms with Gasteiger partial charge in [-0.15, -0.1) is 11.3 Å². The van der Waals surface area contributed by atoms with Gasteiger partial charge < -0.3 is 40.0 Å². The quantitative estimate of drug-likeness (QED) is 0.0471. The maximum absolute atomic E-state index is 13.9. The number of nitrogens with zero attached hydrogens (tertiary/aromatic N) is 6. The molecule has 382 valence electrons. The highest BCUT2D eigenvalue weighted by Crippen LogP contribution is 2.30. The highest BCUT2D eigenvalue weighted by molar-refractivity contribution is 7.13. The molecule has 6 aromatic rings. The molecule has 3 aromatic heterocycles. The number of aromatic nitrogens is 4. The third-order valence-electron chi connectivity index (χ3n) is 13.2. The topological polar surface area (TPSA) is 179 Å². The zero-order valence-electron chi connectivity index (χ0n) is 41.8. The molecule has 72 heavy (non-hydrogen) atoms. The molecule has 2 atom stereocenters. The van der Waals surface area contributed by atoms with Gasteiger partial charge in [0.1, 0.15) is 36.5 Å². The summed E-state index contributed by atoms with van der Waals surface area (Å²) in [6, 6.07) is 25.2. The monoisotopic (exact) mass is 1020 g/mol. The van der Waals surface area contributed by atoms with Crippen LogP contribution in [0.1, 0.15) is 56.0 Å². The highest BCUT2D eigenvalue weighted by atomic mass is 35.5.